The van der Waals surface area contributed by atoms with Crippen LogP contribution >= 0.6 is 30.4 Å². The van der Waals surface area contributed by atoms with E-state index in [1.165, 1.54) is 24.6 Å². The number of aliphatic hydroxyl groups is 5. The fraction of sp³-hybridized carbons (Fsp3) is 0.545. The number of fused-ring (bicyclic) bond motifs is 4. The Morgan fingerprint density at radius 3 is 0.914 bits per heavy atom. The number of nitrogen functional groups attached to an aromatic ring is 4. The normalized spacial score (nSPS) is 30.5. The van der Waals surface area contributed by atoms with Crippen LogP contribution in [0.1, 0.15) is 24.9 Å². The average molecular weight is 1390 g/mol. The summed E-state index contributed by atoms with van der Waals surface area (Å²) in [6.45, 7) is -2.75. The minimum absolute atomic E-state index is 0.0125. The number of rotatable bonds is 26. The molecular formula is C44H58N20O25P4. The zero-order chi connectivity index (χ0) is 66.1. The lowest BCUT2D eigenvalue weighted by Crippen LogP contribution is -2.37. The Bertz CT molecular complexity index is 4230. The highest BCUT2D eigenvalue weighted by Gasteiger charge is 2.54. The maximum absolute atomic E-state index is 14.1. The van der Waals surface area contributed by atoms with Crippen LogP contribution in [0.2, 0.25) is 0 Å². The summed E-state index contributed by atoms with van der Waals surface area (Å²) in [6, 6.07) is 0. The fourth-order valence-electron chi connectivity index (χ4n) is 10.7. The molecule has 93 heavy (non-hydrogen) atoms. The van der Waals surface area contributed by atoms with Gasteiger partial charge in [0.2, 0.25) is 0 Å². The van der Waals surface area contributed by atoms with Crippen molar-refractivity contribution in [3.05, 3.63) is 50.6 Å². The van der Waals surface area contributed by atoms with Crippen molar-refractivity contribution in [2.24, 2.45) is 0 Å². The first-order valence-electron chi connectivity index (χ1n) is 27.3. The molecule has 4 aliphatic heterocycles. The second kappa shape index (κ2) is 26.2. The zero-order valence-corrected chi connectivity index (χ0v) is 50.9. The SMILES string of the molecule is Nc1ncnc2c1ncn2[C@@H]1O[C@H](COCP(=O)(O)O[C@@H]2[C@H](O)[C@@H](COCP(=O)(O)O[C@@H]3[C@H](O)[C@@H](COCP(=O)(O)O[C@@H]4[C@H](O)[C@@H](COCP(=O)(O)O)O[C@H]4n4cnc5c(N)ncnc54)O[C@H]3n3cnc4c(N)ncnc43)O[C@H]2n2cnc3c(N)ncnc32)[C@@H](O)[C@H]1O. The quantitative estimate of drug-likeness (QED) is 0.0229. The molecule has 8 aromatic heterocycles. The van der Waals surface area contributed by atoms with Gasteiger partial charge in [-0.2, -0.15) is 0 Å². The van der Waals surface area contributed by atoms with Crippen LogP contribution in [0, 0.1) is 0 Å². The Labute approximate surface area is 518 Å². The van der Waals surface area contributed by atoms with Crippen molar-refractivity contribution in [2.75, 3.05) is 74.8 Å². The minimum Gasteiger partial charge on any atom is -0.387 e. The van der Waals surface area contributed by atoms with E-state index in [1.807, 2.05) is 0 Å². The molecule has 8 aromatic rings. The van der Waals surface area contributed by atoms with Crippen molar-refractivity contribution < 1.29 is 120 Å². The first kappa shape index (κ1) is 66.5. The van der Waals surface area contributed by atoms with Gasteiger partial charge in [-0.1, -0.05) is 0 Å². The predicted octanol–water partition coefficient (Wildman–Crippen LogP) is -4.15. The average Bonchev–Trinajstić information content (AvgIpc) is 1.65. The number of anilines is 4. The Hall–Kier alpha value is -6.52. The van der Waals surface area contributed by atoms with Crippen LogP contribution in [0.15, 0.2) is 50.6 Å². The number of nitrogens with two attached hydrogens (primary N) is 4. The van der Waals surface area contributed by atoms with E-state index in [4.69, 9.17) is 74.4 Å². The molecule has 0 amide bonds. The van der Waals surface area contributed by atoms with Gasteiger partial charge < -0.3 is 111 Å². The molecule has 4 fully saturated rings. The van der Waals surface area contributed by atoms with Gasteiger partial charge in [0, 0.05) is 0 Å². The van der Waals surface area contributed by atoms with E-state index in [0.29, 0.717) is 0 Å². The number of aliphatic hydroxyl groups excluding tert-OH is 5. The van der Waals surface area contributed by atoms with Gasteiger partial charge >= 0.3 is 30.4 Å². The maximum Gasteiger partial charge on any atom is 0.354 e. The van der Waals surface area contributed by atoms with E-state index in [1.54, 1.807) is 0 Å². The molecule has 0 aliphatic carbocycles. The molecule has 0 saturated carbocycles. The second-order valence-electron chi connectivity index (χ2n) is 21.3. The highest BCUT2D eigenvalue weighted by atomic mass is 31.2. The van der Waals surface area contributed by atoms with Gasteiger partial charge in [0.25, 0.3) is 0 Å². The Kier molecular flexibility index (Phi) is 18.8. The number of hydrogen-bond donors (Lipinski definition) is 14. The number of imidazole rings is 4. The van der Waals surface area contributed by atoms with Crippen molar-refractivity contribution in [1.29, 1.82) is 0 Å². The van der Waals surface area contributed by atoms with Crippen LogP contribution in [0.25, 0.3) is 44.7 Å². The molecule has 0 radical (unpaired) electrons. The summed E-state index contributed by atoms with van der Waals surface area (Å²) >= 11 is 0. The van der Waals surface area contributed by atoms with Gasteiger partial charge in [-0.3, -0.25) is 50.1 Å². The first-order chi connectivity index (χ1) is 44.2. The van der Waals surface area contributed by atoms with E-state index in [2.05, 4.69) is 59.8 Å². The minimum atomic E-state index is -5.12. The first-order valence-corrected chi connectivity index (χ1v) is 34.4. The summed E-state index contributed by atoms with van der Waals surface area (Å²) in [7, 11) is -19.8. The lowest BCUT2D eigenvalue weighted by atomic mass is 10.1. The second-order valence-corrected chi connectivity index (χ2v) is 28.2. The summed E-state index contributed by atoms with van der Waals surface area (Å²) < 4.78 is 121. The molecule has 18 N–H and O–H groups in total. The van der Waals surface area contributed by atoms with E-state index < -0.39 is 180 Å². The van der Waals surface area contributed by atoms with Crippen LogP contribution in [-0.4, -0.2) is 253 Å². The maximum atomic E-state index is 14.1. The Morgan fingerprint density at radius 2 is 0.624 bits per heavy atom. The molecule has 49 heteroatoms. The van der Waals surface area contributed by atoms with Gasteiger partial charge in [-0.05, 0) is 0 Å². The molecular weight excluding hydrogens is 1330 g/mol. The van der Waals surface area contributed by atoms with Crippen LogP contribution in [-0.2, 0) is 69.7 Å². The van der Waals surface area contributed by atoms with Crippen molar-refractivity contribution in [1.82, 2.24) is 78.1 Å². The van der Waals surface area contributed by atoms with Crippen molar-refractivity contribution in [3.8, 4) is 0 Å². The molecule has 45 nitrogen and oxygen atoms in total. The predicted molar refractivity (Wildman–Crippen MR) is 304 cm³/mol. The van der Waals surface area contributed by atoms with Gasteiger partial charge in [0.15, 0.2) is 70.8 Å². The van der Waals surface area contributed by atoms with Gasteiger partial charge in [-0.15, -0.1) is 0 Å². The van der Waals surface area contributed by atoms with Crippen LogP contribution in [0.3, 0.4) is 0 Å². The standard InChI is InChI=1S/C44H58N20O25P4/c45-33-21-37(53-5-49-33)61(9-57-21)41-29(69)25(65)17(83-41)1-80-14-91(73,74)88-31-27(67)19(85-43(31)63-11-59-23-35(47)51-7-55-39(23)63)3-82-16-93(77,78)89-32-28(68)20(86-44(32)64-12-60-24-36(48)52-8-56-40(24)64)4-81-15-92(75,76)87-30-26(66)18(2-79-13-90(70,71)72)84-42(30)62-10-58-22-34(46)50-6-54-38(22)62/h5-12,17-20,25-32,41-44,65-69H,1-4,13-16H2,(H,73,74)(H,75,76)(H,77,78)(H2,45,49,53)(H2,46,50,54)(H2,47,51,55)(H2,48,52,56)(H2,70,71,72)/t17-,18-,19-,20-,25-,26-,27-,28-,29-,30-,31-,32-,41-,42-,43-,44-/m1/s1. The highest BCUT2D eigenvalue weighted by Crippen LogP contribution is 2.53. The monoisotopic (exact) mass is 1390 g/mol. The Balaban J connectivity index is 0.704. The number of ether oxygens (including phenoxy) is 8. The molecule has 12 rings (SSSR count). The van der Waals surface area contributed by atoms with E-state index in [9.17, 15) is 68.3 Å². The highest BCUT2D eigenvalue weighted by molar-refractivity contribution is 7.53. The third-order valence-electron chi connectivity index (χ3n) is 14.9. The van der Waals surface area contributed by atoms with Gasteiger partial charge in [0.1, 0.15) is 146 Å². The molecule has 4 aliphatic rings. The fourth-order valence-corrected chi connectivity index (χ4v) is 14.1. The van der Waals surface area contributed by atoms with Crippen LogP contribution < -0.4 is 22.9 Å². The molecule has 504 valence electrons. The van der Waals surface area contributed by atoms with E-state index in [0.717, 1.165) is 44.3 Å². The topological polar surface area (TPSA) is 651 Å². The molecule has 4 saturated heterocycles. The van der Waals surface area contributed by atoms with Crippen LogP contribution in [0.4, 0.5) is 23.3 Å². The summed E-state index contributed by atoms with van der Waals surface area (Å²) in [4.78, 5) is 101. The van der Waals surface area contributed by atoms with Crippen molar-refractivity contribution >= 4 is 98.3 Å². The van der Waals surface area contributed by atoms with Crippen molar-refractivity contribution in [2.45, 2.75) is 98.2 Å². The largest absolute Gasteiger partial charge is 0.387 e. The lowest BCUT2D eigenvalue weighted by molar-refractivity contribution is -0.0664. The number of aromatic nitrogens is 16. The lowest BCUT2D eigenvalue weighted by Gasteiger charge is -2.25. The van der Waals surface area contributed by atoms with E-state index in [-0.39, 0.29) is 67.9 Å². The van der Waals surface area contributed by atoms with E-state index >= 15 is 0 Å². The molecule has 12 heterocycles. The molecule has 3 unspecified atom stereocenters. The van der Waals surface area contributed by atoms with Gasteiger partial charge in [0.05, 0.1) is 51.7 Å². The third-order valence-corrected chi connectivity index (χ3v) is 18.7. The van der Waals surface area contributed by atoms with Gasteiger partial charge in [-0.25, -0.2) is 59.8 Å². The zero-order valence-electron chi connectivity index (χ0n) is 47.4. The van der Waals surface area contributed by atoms with Crippen molar-refractivity contribution in [3.63, 3.8) is 0 Å². The molecule has 0 spiro atoms. The Morgan fingerprint density at radius 1 is 0.366 bits per heavy atom. The van der Waals surface area contributed by atoms with Crippen LogP contribution in [0.5, 0.6) is 0 Å². The molecule has 19 atom stereocenters. The summed E-state index contributed by atoms with van der Waals surface area (Å²) in [6.07, 6.45) is -21.4. The molecule has 0 bridgehead atoms. The third kappa shape index (κ3) is 13.7. The molecule has 0 aromatic carbocycles. The number of nitrogens with zero attached hydrogens (tertiary/aromatic N) is 16. The summed E-state index contributed by atoms with van der Waals surface area (Å²) in [5.74, 6) is -0.182. The smallest absolute Gasteiger partial charge is 0.354 e. The summed E-state index contributed by atoms with van der Waals surface area (Å²) in [5.41, 5.74) is 24.5. The number of hydrogen-bond acceptors (Lipinski definition) is 36. The summed E-state index contributed by atoms with van der Waals surface area (Å²) in [5, 5.41) is 56.7.